The number of amides is 1. The number of anilines is 1. The zero-order valence-electron chi connectivity index (χ0n) is 13.7. The second-order valence-electron chi connectivity index (χ2n) is 6.07. The van der Waals surface area contributed by atoms with Gasteiger partial charge in [-0.05, 0) is 43.5 Å². The minimum Gasteiger partial charge on any atom is -0.316 e. The van der Waals surface area contributed by atoms with E-state index in [-0.39, 0.29) is 29.1 Å². The quantitative estimate of drug-likeness (QED) is 0.833. The van der Waals surface area contributed by atoms with Crippen molar-refractivity contribution in [1.82, 2.24) is 10.0 Å². The van der Waals surface area contributed by atoms with Gasteiger partial charge < -0.3 is 10.2 Å². The Bertz CT molecular complexity index is 703. The first kappa shape index (κ1) is 19.2. The van der Waals surface area contributed by atoms with Gasteiger partial charge in [0.1, 0.15) is 0 Å². The standard InChI is InChI=1S/C16H23N3O3S.ClH/c1-2-18-23(21,22)14-6-5-12-7-9-19(15(12)10-14)16(20)13-4-3-8-17-11-13;/h5-6,10,13,17-18H,2-4,7-9,11H2,1H3;1H. The van der Waals surface area contributed by atoms with Crippen molar-refractivity contribution in [3.05, 3.63) is 23.8 Å². The molecule has 2 aliphatic rings. The summed E-state index contributed by atoms with van der Waals surface area (Å²) in [7, 11) is -3.51. The largest absolute Gasteiger partial charge is 0.316 e. The number of nitrogens with one attached hydrogen (secondary N) is 2. The Morgan fingerprint density at radius 2 is 2.21 bits per heavy atom. The number of piperidine rings is 1. The normalized spacial score (nSPS) is 20.4. The van der Waals surface area contributed by atoms with E-state index < -0.39 is 10.0 Å². The molecule has 2 heterocycles. The molecule has 0 bridgehead atoms. The molecule has 6 nitrogen and oxygen atoms in total. The first-order valence-corrected chi connectivity index (χ1v) is 9.66. The van der Waals surface area contributed by atoms with Gasteiger partial charge in [-0.3, -0.25) is 4.79 Å². The highest BCUT2D eigenvalue weighted by Crippen LogP contribution is 2.32. The summed E-state index contributed by atoms with van der Waals surface area (Å²) < 4.78 is 26.9. The van der Waals surface area contributed by atoms with Crippen molar-refractivity contribution in [3.63, 3.8) is 0 Å². The van der Waals surface area contributed by atoms with Crippen molar-refractivity contribution in [1.29, 1.82) is 0 Å². The number of sulfonamides is 1. The predicted molar refractivity (Wildman–Crippen MR) is 96.2 cm³/mol. The lowest BCUT2D eigenvalue weighted by molar-refractivity contribution is -0.122. The van der Waals surface area contributed by atoms with E-state index in [2.05, 4.69) is 10.0 Å². The molecule has 0 aliphatic carbocycles. The second-order valence-corrected chi connectivity index (χ2v) is 7.84. The van der Waals surface area contributed by atoms with E-state index in [0.717, 1.165) is 37.1 Å². The van der Waals surface area contributed by atoms with E-state index in [9.17, 15) is 13.2 Å². The van der Waals surface area contributed by atoms with Crippen LogP contribution in [0.4, 0.5) is 5.69 Å². The SMILES string of the molecule is CCNS(=O)(=O)c1ccc2c(c1)N(C(=O)C1CCCNC1)CC2.Cl. The molecular weight excluding hydrogens is 350 g/mol. The maximum absolute atomic E-state index is 12.8. The van der Waals surface area contributed by atoms with Crippen LogP contribution < -0.4 is 14.9 Å². The number of nitrogens with zero attached hydrogens (tertiary/aromatic N) is 1. The number of hydrogen-bond acceptors (Lipinski definition) is 4. The topological polar surface area (TPSA) is 78.5 Å². The molecule has 0 radical (unpaired) electrons. The van der Waals surface area contributed by atoms with Crippen molar-refractivity contribution in [2.75, 3.05) is 31.1 Å². The molecule has 134 valence electrons. The molecule has 1 aromatic carbocycles. The number of carbonyl (C=O) groups excluding carboxylic acids is 1. The van der Waals surface area contributed by atoms with Crippen LogP contribution in [-0.2, 0) is 21.2 Å². The Balaban J connectivity index is 0.00000208. The van der Waals surface area contributed by atoms with Gasteiger partial charge in [0.15, 0.2) is 0 Å². The number of hydrogen-bond donors (Lipinski definition) is 2. The number of fused-ring (bicyclic) bond motifs is 1. The average Bonchev–Trinajstić information content (AvgIpc) is 2.98. The maximum atomic E-state index is 12.8. The molecule has 3 rings (SSSR count). The first-order valence-electron chi connectivity index (χ1n) is 8.17. The molecule has 2 aliphatic heterocycles. The zero-order valence-corrected chi connectivity index (χ0v) is 15.4. The third kappa shape index (κ3) is 3.74. The summed E-state index contributed by atoms with van der Waals surface area (Å²) in [5, 5.41) is 3.26. The molecule has 2 N–H and O–H groups in total. The van der Waals surface area contributed by atoms with Gasteiger partial charge in [-0.15, -0.1) is 12.4 Å². The molecule has 1 saturated heterocycles. The van der Waals surface area contributed by atoms with E-state index in [0.29, 0.717) is 19.6 Å². The van der Waals surface area contributed by atoms with Crippen LogP contribution >= 0.6 is 12.4 Å². The van der Waals surface area contributed by atoms with Crippen LogP contribution in [0, 0.1) is 5.92 Å². The lowest BCUT2D eigenvalue weighted by atomic mass is 9.98. The number of rotatable bonds is 4. The van der Waals surface area contributed by atoms with E-state index in [1.807, 2.05) is 6.07 Å². The van der Waals surface area contributed by atoms with Gasteiger partial charge in [0.25, 0.3) is 0 Å². The number of benzene rings is 1. The molecule has 24 heavy (non-hydrogen) atoms. The minimum absolute atomic E-state index is 0. The van der Waals surface area contributed by atoms with Gasteiger partial charge in [-0.1, -0.05) is 13.0 Å². The molecule has 1 atom stereocenters. The smallest absolute Gasteiger partial charge is 0.240 e. The third-order valence-electron chi connectivity index (χ3n) is 4.51. The summed E-state index contributed by atoms with van der Waals surface area (Å²) in [6.07, 6.45) is 2.68. The molecule has 1 unspecified atom stereocenters. The fourth-order valence-electron chi connectivity index (χ4n) is 3.31. The van der Waals surface area contributed by atoms with Crippen LogP contribution in [0.25, 0.3) is 0 Å². The van der Waals surface area contributed by atoms with Crippen LogP contribution in [0.15, 0.2) is 23.1 Å². The molecule has 1 aromatic rings. The van der Waals surface area contributed by atoms with Gasteiger partial charge in [-0.2, -0.15) is 0 Å². The molecular formula is C16H24ClN3O3S. The van der Waals surface area contributed by atoms with Crippen LogP contribution in [0.2, 0.25) is 0 Å². The molecule has 1 fully saturated rings. The highest BCUT2D eigenvalue weighted by Gasteiger charge is 2.31. The Morgan fingerprint density at radius 3 is 2.88 bits per heavy atom. The molecule has 0 aromatic heterocycles. The summed E-state index contributed by atoms with van der Waals surface area (Å²) >= 11 is 0. The minimum atomic E-state index is -3.51. The monoisotopic (exact) mass is 373 g/mol. The highest BCUT2D eigenvalue weighted by molar-refractivity contribution is 7.89. The molecule has 0 spiro atoms. The van der Waals surface area contributed by atoms with Gasteiger partial charge in [0, 0.05) is 25.3 Å². The molecule has 0 saturated carbocycles. The van der Waals surface area contributed by atoms with Crippen molar-refractivity contribution in [2.24, 2.45) is 5.92 Å². The van der Waals surface area contributed by atoms with E-state index >= 15 is 0 Å². The van der Waals surface area contributed by atoms with E-state index in [1.165, 1.54) is 0 Å². The summed E-state index contributed by atoms with van der Waals surface area (Å²) in [6.45, 7) is 4.40. The Kier molecular flexibility index (Phi) is 6.25. The summed E-state index contributed by atoms with van der Waals surface area (Å²) in [6, 6.07) is 5.08. The van der Waals surface area contributed by atoms with Gasteiger partial charge in [-0.25, -0.2) is 13.1 Å². The van der Waals surface area contributed by atoms with Gasteiger partial charge >= 0.3 is 0 Å². The van der Waals surface area contributed by atoms with Gasteiger partial charge in [0.05, 0.1) is 10.8 Å². The van der Waals surface area contributed by atoms with Crippen LogP contribution in [0.5, 0.6) is 0 Å². The predicted octanol–water partition coefficient (Wildman–Crippen LogP) is 1.30. The lowest BCUT2D eigenvalue weighted by Gasteiger charge is -2.27. The molecule has 8 heteroatoms. The maximum Gasteiger partial charge on any atom is 0.240 e. The van der Waals surface area contributed by atoms with Crippen LogP contribution in [0.3, 0.4) is 0 Å². The second kappa shape index (κ2) is 7.82. The summed E-state index contributed by atoms with van der Waals surface area (Å²) in [5.74, 6) is 0.0951. The van der Waals surface area contributed by atoms with Crippen molar-refractivity contribution >= 4 is 34.0 Å². The fourth-order valence-corrected chi connectivity index (χ4v) is 4.37. The average molecular weight is 374 g/mol. The third-order valence-corrected chi connectivity index (χ3v) is 6.05. The molecule has 1 amide bonds. The Hall–Kier alpha value is -1.15. The van der Waals surface area contributed by atoms with Crippen LogP contribution in [-0.4, -0.2) is 40.5 Å². The summed E-state index contributed by atoms with van der Waals surface area (Å²) in [4.78, 5) is 14.8. The Morgan fingerprint density at radius 1 is 1.42 bits per heavy atom. The van der Waals surface area contributed by atoms with E-state index in [4.69, 9.17) is 0 Å². The lowest BCUT2D eigenvalue weighted by Crippen LogP contribution is -2.42. The van der Waals surface area contributed by atoms with Crippen LogP contribution in [0.1, 0.15) is 25.3 Å². The Labute approximate surface area is 149 Å². The van der Waals surface area contributed by atoms with E-state index in [1.54, 1.807) is 24.0 Å². The number of carbonyl (C=O) groups is 1. The first-order chi connectivity index (χ1) is 11.0. The van der Waals surface area contributed by atoms with Crippen molar-refractivity contribution in [2.45, 2.75) is 31.1 Å². The van der Waals surface area contributed by atoms with Gasteiger partial charge in [0.2, 0.25) is 15.9 Å². The highest BCUT2D eigenvalue weighted by atomic mass is 35.5. The fraction of sp³-hybridized carbons (Fsp3) is 0.562. The van der Waals surface area contributed by atoms with Crippen molar-refractivity contribution < 1.29 is 13.2 Å². The zero-order chi connectivity index (χ0) is 16.4. The summed E-state index contributed by atoms with van der Waals surface area (Å²) in [5.41, 5.74) is 1.79. The van der Waals surface area contributed by atoms with Crippen molar-refractivity contribution in [3.8, 4) is 0 Å². The number of halogens is 1.